The number of benzene rings is 3. The number of hydrogen-bond acceptors (Lipinski definition) is 2. The van der Waals surface area contributed by atoms with E-state index in [1.54, 1.807) is 5.32 Å². The minimum atomic E-state index is -6.02. The molecule has 0 bridgehead atoms. The summed E-state index contributed by atoms with van der Waals surface area (Å²) in [6, 6.07) is 7.05. The number of nitrogens with one attached hydrogen (secondary N) is 1. The smallest absolute Gasteiger partial charge is 0.320 e. The lowest BCUT2D eigenvalue weighted by atomic mass is 9.90. The zero-order chi connectivity index (χ0) is 33.6. The summed E-state index contributed by atoms with van der Waals surface area (Å²) >= 11 is 2.59. The molecular formula is C29H20BrF11N2O2. The van der Waals surface area contributed by atoms with Crippen LogP contribution in [0.25, 0.3) is 0 Å². The van der Waals surface area contributed by atoms with Crippen LogP contribution < -0.4 is 10.2 Å². The second-order valence-electron chi connectivity index (χ2n) is 10.3. The fourth-order valence-electron chi connectivity index (χ4n) is 4.63. The number of amides is 2. The molecule has 0 atom stereocenters. The Morgan fingerprint density at radius 2 is 1.51 bits per heavy atom. The second-order valence-corrected chi connectivity index (χ2v) is 11.1. The molecule has 3 aromatic carbocycles. The van der Waals surface area contributed by atoms with E-state index in [4.69, 9.17) is 0 Å². The van der Waals surface area contributed by atoms with Crippen LogP contribution in [0.1, 0.15) is 56.2 Å². The summed E-state index contributed by atoms with van der Waals surface area (Å²) in [6.07, 6.45) is -16.2. The maximum atomic E-state index is 15.8. The molecule has 1 aliphatic rings. The molecule has 0 unspecified atom stereocenters. The van der Waals surface area contributed by atoms with Crippen LogP contribution in [-0.4, -0.2) is 30.7 Å². The van der Waals surface area contributed by atoms with Crippen molar-refractivity contribution in [1.82, 2.24) is 0 Å². The van der Waals surface area contributed by atoms with Crippen molar-refractivity contribution in [2.75, 3.05) is 16.8 Å². The first kappa shape index (κ1) is 34.2. The summed E-state index contributed by atoms with van der Waals surface area (Å²) in [5.74, 6) is -8.62. The van der Waals surface area contributed by atoms with E-state index in [1.165, 1.54) is 0 Å². The number of carbonyl (C=O) groups excluding carboxylic acids is 2. The van der Waals surface area contributed by atoms with Crippen molar-refractivity contribution in [3.63, 3.8) is 0 Å². The van der Waals surface area contributed by atoms with Crippen molar-refractivity contribution in [3.05, 3.63) is 92.5 Å². The predicted molar refractivity (Wildman–Crippen MR) is 144 cm³/mol. The van der Waals surface area contributed by atoms with Crippen LogP contribution in [0.15, 0.2) is 53.0 Å². The van der Waals surface area contributed by atoms with Gasteiger partial charge in [0.05, 0.1) is 22.5 Å². The molecule has 0 spiro atoms. The molecule has 4 rings (SSSR count). The Kier molecular flexibility index (Phi) is 9.31. The number of anilines is 2. The number of alkyl halides is 9. The van der Waals surface area contributed by atoms with Crippen LogP contribution >= 0.6 is 15.9 Å². The van der Waals surface area contributed by atoms with Gasteiger partial charge in [0.1, 0.15) is 5.82 Å². The molecule has 0 heterocycles. The molecule has 1 N–H and O–H groups in total. The third-order valence-electron chi connectivity index (χ3n) is 7.05. The Morgan fingerprint density at radius 3 is 2.02 bits per heavy atom. The fourth-order valence-corrected chi connectivity index (χ4v) is 5.18. The molecule has 0 aromatic heterocycles. The SMILES string of the molecule is Cc1c(C(C(F)(F)F)C(F)(F)F)cc(C(F)(F)F)c(NC(=O)c2cccc(N(CC3CC3)C(=O)c3ccc(F)cc3)c2F)c1Br. The van der Waals surface area contributed by atoms with Gasteiger partial charge in [-0.05, 0) is 95.2 Å². The third kappa shape index (κ3) is 7.42. The Labute approximate surface area is 256 Å². The van der Waals surface area contributed by atoms with E-state index in [-0.39, 0.29) is 24.1 Å². The molecule has 242 valence electrons. The van der Waals surface area contributed by atoms with Gasteiger partial charge in [0, 0.05) is 16.6 Å². The third-order valence-corrected chi connectivity index (χ3v) is 8.04. The maximum Gasteiger partial charge on any atom is 0.418 e. The van der Waals surface area contributed by atoms with Gasteiger partial charge in [-0.2, -0.15) is 39.5 Å². The van der Waals surface area contributed by atoms with E-state index in [1.807, 2.05) is 0 Å². The van der Waals surface area contributed by atoms with Crippen molar-refractivity contribution in [2.45, 2.75) is 44.2 Å². The zero-order valence-corrected chi connectivity index (χ0v) is 24.3. The Balaban J connectivity index is 1.78. The van der Waals surface area contributed by atoms with E-state index in [0.717, 1.165) is 47.4 Å². The normalized spacial score (nSPS) is 14.1. The quantitative estimate of drug-likeness (QED) is 0.248. The number of carbonyl (C=O) groups is 2. The van der Waals surface area contributed by atoms with Gasteiger partial charge in [-0.25, -0.2) is 8.78 Å². The molecule has 0 saturated heterocycles. The van der Waals surface area contributed by atoms with Gasteiger partial charge in [0.15, 0.2) is 11.7 Å². The van der Waals surface area contributed by atoms with Crippen LogP contribution in [0.2, 0.25) is 0 Å². The zero-order valence-electron chi connectivity index (χ0n) is 22.7. The predicted octanol–water partition coefficient (Wildman–Crippen LogP) is 9.57. The van der Waals surface area contributed by atoms with E-state index in [0.29, 0.717) is 19.8 Å². The van der Waals surface area contributed by atoms with Crippen LogP contribution in [0, 0.1) is 24.5 Å². The fraction of sp³-hybridized carbons (Fsp3) is 0.310. The summed E-state index contributed by atoms with van der Waals surface area (Å²) in [7, 11) is 0. The highest BCUT2D eigenvalue weighted by atomic mass is 79.9. The van der Waals surface area contributed by atoms with Gasteiger partial charge in [0.2, 0.25) is 0 Å². The number of nitrogens with zero attached hydrogens (tertiary/aromatic N) is 1. The topological polar surface area (TPSA) is 49.4 Å². The highest BCUT2D eigenvalue weighted by Gasteiger charge is 2.58. The first-order valence-corrected chi connectivity index (χ1v) is 13.7. The van der Waals surface area contributed by atoms with Crippen LogP contribution in [0.3, 0.4) is 0 Å². The van der Waals surface area contributed by atoms with E-state index >= 15 is 4.39 Å². The molecule has 0 aliphatic heterocycles. The lowest BCUT2D eigenvalue weighted by Gasteiger charge is -2.27. The van der Waals surface area contributed by atoms with Crippen molar-refractivity contribution in [3.8, 4) is 0 Å². The minimum absolute atomic E-state index is 0.0117. The summed E-state index contributed by atoms with van der Waals surface area (Å²) in [4.78, 5) is 27.4. The average Bonchev–Trinajstić information content (AvgIpc) is 3.74. The first-order chi connectivity index (χ1) is 20.7. The van der Waals surface area contributed by atoms with Gasteiger partial charge in [0.25, 0.3) is 11.8 Å². The number of hydrogen-bond donors (Lipinski definition) is 1. The molecule has 1 aliphatic carbocycles. The van der Waals surface area contributed by atoms with Gasteiger partial charge < -0.3 is 10.2 Å². The highest BCUT2D eigenvalue weighted by molar-refractivity contribution is 9.10. The molecule has 2 amide bonds. The van der Waals surface area contributed by atoms with Gasteiger partial charge in [-0.1, -0.05) is 6.07 Å². The molecule has 16 heteroatoms. The second kappa shape index (κ2) is 12.2. The van der Waals surface area contributed by atoms with Crippen molar-refractivity contribution in [1.29, 1.82) is 0 Å². The number of rotatable bonds is 7. The van der Waals surface area contributed by atoms with Gasteiger partial charge >= 0.3 is 18.5 Å². The lowest BCUT2D eigenvalue weighted by Crippen LogP contribution is -2.35. The largest absolute Gasteiger partial charge is 0.418 e. The van der Waals surface area contributed by atoms with E-state index in [2.05, 4.69) is 15.9 Å². The van der Waals surface area contributed by atoms with Gasteiger partial charge in [-0.15, -0.1) is 0 Å². The Bertz CT molecular complexity index is 1600. The molecule has 0 radical (unpaired) electrons. The minimum Gasteiger partial charge on any atom is -0.320 e. The Hall–Kier alpha value is -3.69. The Morgan fingerprint density at radius 1 is 0.933 bits per heavy atom. The summed E-state index contributed by atoms with van der Waals surface area (Å²) < 4.78 is 151. The van der Waals surface area contributed by atoms with Crippen molar-refractivity contribution in [2.24, 2.45) is 5.92 Å². The molecule has 45 heavy (non-hydrogen) atoms. The molecule has 1 fully saturated rings. The lowest BCUT2D eigenvalue weighted by molar-refractivity contribution is -0.253. The molecular weight excluding hydrogens is 697 g/mol. The molecule has 1 saturated carbocycles. The average molecular weight is 717 g/mol. The van der Waals surface area contributed by atoms with E-state index in [9.17, 15) is 53.5 Å². The van der Waals surface area contributed by atoms with Gasteiger partial charge in [-0.3, -0.25) is 9.59 Å². The standard InChI is InChI=1S/C29H20BrF11N2O2/c1-13-18(24(28(36,37)38)29(39,40)41)11-19(27(33,34)35)23(21(13)30)42-25(44)17-3-2-4-20(22(17)32)43(12-14-5-6-14)26(45)15-7-9-16(31)10-8-15/h2-4,7-11,14,24H,5-6,12H2,1H3,(H,42,44). The van der Waals surface area contributed by atoms with Crippen LogP contribution in [0.4, 0.5) is 59.7 Å². The highest BCUT2D eigenvalue weighted by Crippen LogP contribution is 2.51. The molecule has 3 aromatic rings. The first-order valence-electron chi connectivity index (χ1n) is 12.9. The van der Waals surface area contributed by atoms with Crippen molar-refractivity contribution < 1.29 is 57.9 Å². The molecule has 4 nitrogen and oxygen atoms in total. The van der Waals surface area contributed by atoms with Crippen molar-refractivity contribution >= 4 is 39.1 Å². The monoisotopic (exact) mass is 716 g/mol. The maximum absolute atomic E-state index is 15.8. The number of halogens is 12. The summed E-state index contributed by atoms with van der Waals surface area (Å²) in [5, 5.41) is 1.76. The van der Waals surface area contributed by atoms with E-state index < -0.39 is 86.0 Å². The summed E-state index contributed by atoms with van der Waals surface area (Å²) in [5.41, 5.74) is -7.33. The van der Waals surface area contributed by atoms with Crippen LogP contribution in [0.5, 0.6) is 0 Å². The summed E-state index contributed by atoms with van der Waals surface area (Å²) in [6.45, 7) is 0.680. The van der Waals surface area contributed by atoms with Crippen LogP contribution in [-0.2, 0) is 6.18 Å².